The number of hydrogen-bond donors (Lipinski definition) is 1. The molecular weight excluding hydrogens is 336 g/mol. The minimum absolute atomic E-state index is 0.0146. The molecule has 3 rings (SSSR count). The van der Waals surface area contributed by atoms with E-state index in [4.69, 9.17) is 9.47 Å². The standard InChI is InChI=1S/C19H22N2O5/c1-19(2)25-17(23)15(18(24)26-19)12-20-14-8-6-7-13(11-14)16(22)21-9-4-3-5-10-21/h6-8,11-12,20H,3-5,9-10H2,1-2H3. The van der Waals surface area contributed by atoms with Crippen LogP contribution in [0.2, 0.25) is 0 Å². The van der Waals surface area contributed by atoms with Crippen LogP contribution in [0.1, 0.15) is 43.5 Å². The minimum atomic E-state index is -1.27. The van der Waals surface area contributed by atoms with Gasteiger partial charge in [0.15, 0.2) is 5.57 Å². The molecule has 2 aliphatic rings. The highest BCUT2D eigenvalue weighted by Crippen LogP contribution is 2.23. The number of hydrogen-bond acceptors (Lipinski definition) is 6. The van der Waals surface area contributed by atoms with Crippen LogP contribution >= 0.6 is 0 Å². The Morgan fingerprint density at radius 2 is 1.77 bits per heavy atom. The Kier molecular flexibility index (Phi) is 4.97. The first-order valence-electron chi connectivity index (χ1n) is 8.68. The molecule has 1 amide bonds. The van der Waals surface area contributed by atoms with Gasteiger partial charge in [-0.05, 0) is 37.5 Å². The number of esters is 2. The van der Waals surface area contributed by atoms with Gasteiger partial charge >= 0.3 is 11.9 Å². The predicted octanol–water partition coefficient (Wildman–Crippen LogP) is 2.44. The fourth-order valence-corrected chi connectivity index (χ4v) is 2.96. The lowest BCUT2D eigenvalue weighted by Crippen LogP contribution is -2.42. The molecule has 0 radical (unpaired) electrons. The third kappa shape index (κ3) is 4.04. The third-order valence-electron chi connectivity index (χ3n) is 4.25. The molecule has 138 valence electrons. The average molecular weight is 358 g/mol. The molecular formula is C19H22N2O5. The summed E-state index contributed by atoms with van der Waals surface area (Å²) in [6.07, 6.45) is 4.44. The van der Waals surface area contributed by atoms with Crippen molar-refractivity contribution in [1.82, 2.24) is 4.90 Å². The summed E-state index contributed by atoms with van der Waals surface area (Å²) < 4.78 is 10.1. The van der Waals surface area contributed by atoms with Crippen LogP contribution in [-0.4, -0.2) is 41.6 Å². The van der Waals surface area contributed by atoms with Crippen LogP contribution in [0.4, 0.5) is 5.69 Å². The van der Waals surface area contributed by atoms with E-state index in [0.29, 0.717) is 11.3 Å². The molecule has 0 saturated carbocycles. The lowest BCUT2D eigenvalue weighted by Gasteiger charge is -2.29. The molecule has 1 aromatic rings. The number of cyclic esters (lactones) is 2. The normalized spacial score (nSPS) is 19.5. The molecule has 26 heavy (non-hydrogen) atoms. The van der Waals surface area contributed by atoms with E-state index in [1.54, 1.807) is 24.3 Å². The van der Waals surface area contributed by atoms with Gasteiger partial charge in [-0.3, -0.25) is 4.79 Å². The molecule has 2 saturated heterocycles. The van der Waals surface area contributed by atoms with Crippen LogP contribution in [0.5, 0.6) is 0 Å². The fourth-order valence-electron chi connectivity index (χ4n) is 2.96. The molecule has 0 spiro atoms. The molecule has 2 fully saturated rings. The van der Waals surface area contributed by atoms with Gasteiger partial charge in [0, 0.05) is 44.4 Å². The van der Waals surface area contributed by atoms with Crippen LogP contribution in [0.15, 0.2) is 36.0 Å². The zero-order chi connectivity index (χ0) is 18.7. The highest BCUT2D eigenvalue weighted by Gasteiger charge is 2.38. The van der Waals surface area contributed by atoms with Gasteiger partial charge in [-0.1, -0.05) is 6.07 Å². The van der Waals surface area contributed by atoms with Gasteiger partial charge in [-0.15, -0.1) is 0 Å². The lowest BCUT2D eigenvalue weighted by atomic mass is 10.1. The average Bonchev–Trinajstić information content (AvgIpc) is 2.60. The summed E-state index contributed by atoms with van der Waals surface area (Å²) in [5.41, 5.74) is 0.924. The Hall–Kier alpha value is -2.83. The van der Waals surface area contributed by atoms with Gasteiger partial charge in [0.25, 0.3) is 11.7 Å². The van der Waals surface area contributed by atoms with Crippen LogP contribution in [0, 0.1) is 0 Å². The van der Waals surface area contributed by atoms with Crippen LogP contribution in [-0.2, 0) is 19.1 Å². The molecule has 0 aliphatic carbocycles. The zero-order valence-electron chi connectivity index (χ0n) is 14.9. The number of nitrogens with one attached hydrogen (secondary N) is 1. The molecule has 0 aromatic heterocycles. The van der Waals surface area contributed by atoms with Crippen molar-refractivity contribution in [3.05, 3.63) is 41.6 Å². The maximum Gasteiger partial charge on any atom is 0.350 e. The van der Waals surface area contributed by atoms with Crippen molar-refractivity contribution >= 4 is 23.5 Å². The SMILES string of the molecule is CC1(C)OC(=O)C(=CNc2cccc(C(=O)N3CCCCC3)c2)C(=O)O1. The number of carbonyl (C=O) groups excluding carboxylic acids is 3. The second-order valence-corrected chi connectivity index (χ2v) is 6.81. The van der Waals surface area contributed by atoms with Crippen molar-refractivity contribution in [3.63, 3.8) is 0 Å². The van der Waals surface area contributed by atoms with Gasteiger partial charge in [0.2, 0.25) is 0 Å². The molecule has 0 atom stereocenters. The van der Waals surface area contributed by atoms with E-state index in [-0.39, 0.29) is 11.5 Å². The smallest absolute Gasteiger partial charge is 0.350 e. The van der Waals surface area contributed by atoms with E-state index in [0.717, 1.165) is 32.4 Å². The topological polar surface area (TPSA) is 84.9 Å². The highest BCUT2D eigenvalue weighted by molar-refractivity contribution is 6.15. The quantitative estimate of drug-likeness (QED) is 0.507. The number of anilines is 1. The van der Waals surface area contributed by atoms with Crippen LogP contribution in [0.3, 0.4) is 0 Å². The second kappa shape index (κ2) is 7.19. The highest BCUT2D eigenvalue weighted by atomic mass is 16.7. The van der Waals surface area contributed by atoms with Crippen LogP contribution < -0.4 is 5.32 Å². The first-order valence-corrected chi connectivity index (χ1v) is 8.68. The number of nitrogens with zero attached hydrogens (tertiary/aromatic N) is 1. The van der Waals surface area contributed by atoms with Crippen molar-refractivity contribution in [3.8, 4) is 0 Å². The summed E-state index contributed by atoms with van der Waals surface area (Å²) in [4.78, 5) is 38.3. The van der Waals surface area contributed by atoms with E-state index in [1.165, 1.54) is 20.0 Å². The van der Waals surface area contributed by atoms with Gasteiger partial charge in [0.1, 0.15) is 0 Å². The van der Waals surface area contributed by atoms with Crippen molar-refractivity contribution < 1.29 is 23.9 Å². The molecule has 1 aromatic carbocycles. The number of ether oxygens (including phenoxy) is 2. The van der Waals surface area contributed by atoms with Crippen molar-refractivity contribution in [2.75, 3.05) is 18.4 Å². The monoisotopic (exact) mass is 358 g/mol. The second-order valence-electron chi connectivity index (χ2n) is 6.81. The summed E-state index contributed by atoms with van der Waals surface area (Å²) in [6, 6.07) is 6.93. The number of amides is 1. The first-order chi connectivity index (χ1) is 12.4. The maximum atomic E-state index is 12.6. The Balaban J connectivity index is 1.72. The summed E-state index contributed by atoms with van der Waals surface area (Å²) >= 11 is 0. The first kappa shape index (κ1) is 18.0. The van der Waals surface area contributed by atoms with Crippen LogP contribution in [0.25, 0.3) is 0 Å². The van der Waals surface area contributed by atoms with E-state index in [1.807, 2.05) is 4.90 Å². The Labute approximate surface area is 151 Å². The summed E-state index contributed by atoms with van der Waals surface area (Å²) in [7, 11) is 0. The molecule has 1 N–H and O–H groups in total. The molecule has 2 heterocycles. The molecule has 7 heteroatoms. The van der Waals surface area contributed by atoms with Gasteiger partial charge in [-0.2, -0.15) is 0 Å². The van der Waals surface area contributed by atoms with Gasteiger partial charge < -0.3 is 19.7 Å². The maximum absolute atomic E-state index is 12.6. The predicted molar refractivity (Wildman–Crippen MR) is 94.2 cm³/mol. The number of likely N-dealkylation sites (tertiary alicyclic amines) is 1. The summed E-state index contributed by atoms with van der Waals surface area (Å²) in [6.45, 7) is 4.52. The molecule has 0 unspecified atom stereocenters. The van der Waals surface area contributed by atoms with E-state index >= 15 is 0 Å². The lowest BCUT2D eigenvalue weighted by molar-refractivity contribution is -0.222. The van der Waals surface area contributed by atoms with E-state index in [2.05, 4.69) is 5.32 Å². The molecule has 0 bridgehead atoms. The van der Waals surface area contributed by atoms with E-state index < -0.39 is 17.7 Å². The molecule has 2 aliphatic heterocycles. The number of carbonyl (C=O) groups is 3. The Morgan fingerprint density at radius 1 is 1.12 bits per heavy atom. The minimum Gasteiger partial charge on any atom is -0.419 e. The summed E-state index contributed by atoms with van der Waals surface area (Å²) in [5, 5.41) is 2.87. The number of rotatable bonds is 3. The Morgan fingerprint density at radius 3 is 2.42 bits per heavy atom. The number of piperidine rings is 1. The van der Waals surface area contributed by atoms with Crippen molar-refractivity contribution in [1.29, 1.82) is 0 Å². The molecule has 7 nitrogen and oxygen atoms in total. The fraction of sp³-hybridized carbons (Fsp3) is 0.421. The van der Waals surface area contributed by atoms with Crippen molar-refractivity contribution in [2.24, 2.45) is 0 Å². The Bertz CT molecular complexity index is 741. The van der Waals surface area contributed by atoms with Gasteiger partial charge in [0.05, 0.1) is 0 Å². The summed E-state index contributed by atoms with van der Waals surface area (Å²) in [5.74, 6) is -2.79. The largest absolute Gasteiger partial charge is 0.419 e. The van der Waals surface area contributed by atoms with E-state index in [9.17, 15) is 14.4 Å². The van der Waals surface area contributed by atoms with Gasteiger partial charge in [-0.25, -0.2) is 9.59 Å². The zero-order valence-corrected chi connectivity index (χ0v) is 14.9. The van der Waals surface area contributed by atoms with Crippen molar-refractivity contribution in [2.45, 2.75) is 38.9 Å². The number of benzene rings is 1. The third-order valence-corrected chi connectivity index (χ3v) is 4.25.